The van der Waals surface area contributed by atoms with Gasteiger partial charge in [-0.3, -0.25) is 4.98 Å². The van der Waals surface area contributed by atoms with Crippen LogP contribution in [0.5, 0.6) is 0 Å². The average Bonchev–Trinajstić information content (AvgIpc) is 2.82. The summed E-state index contributed by atoms with van der Waals surface area (Å²) in [7, 11) is 2.08. The van der Waals surface area contributed by atoms with E-state index in [0.717, 1.165) is 45.4 Å². The minimum absolute atomic E-state index is 0.0551. The van der Waals surface area contributed by atoms with Gasteiger partial charge in [-0.15, -0.1) is 0 Å². The van der Waals surface area contributed by atoms with Gasteiger partial charge < -0.3 is 26.0 Å². The van der Waals surface area contributed by atoms with Crippen molar-refractivity contribution in [3.8, 4) is 11.3 Å². The number of nitrogens with one attached hydrogen (secondary N) is 1. The van der Waals surface area contributed by atoms with Crippen molar-refractivity contribution in [3.63, 3.8) is 0 Å². The molecule has 1 fully saturated rings. The summed E-state index contributed by atoms with van der Waals surface area (Å²) >= 11 is 0. The van der Waals surface area contributed by atoms with Crippen molar-refractivity contribution in [1.82, 2.24) is 24.8 Å². The molecule has 4 rings (SSSR count). The van der Waals surface area contributed by atoms with Gasteiger partial charge in [-0.05, 0) is 26.5 Å². The maximum Gasteiger partial charge on any atom is 0.222 e. The van der Waals surface area contributed by atoms with Gasteiger partial charge in [0.2, 0.25) is 5.95 Å². The molecule has 1 aliphatic heterocycles. The Morgan fingerprint density at radius 2 is 1.91 bits per heavy atom. The molecule has 0 aromatic carbocycles. The van der Waals surface area contributed by atoms with Gasteiger partial charge in [0.25, 0.3) is 0 Å². The molecule has 10 heteroatoms. The zero-order valence-electron chi connectivity index (χ0n) is 20.1. The van der Waals surface area contributed by atoms with E-state index < -0.39 is 5.54 Å². The number of likely N-dealkylation sites (N-methyl/N-ethyl adjacent to an activating group) is 1. The highest BCUT2D eigenvalue weighted by Crippen LogP contribution is 2.30. The van der Waals surface area contributed by atoms with Crippen LogP contribution in [0, 0.1) is 5.82 Å². The molecule has 3 aromatic heterocycles. The summed E-state index contributed by atoms with van der Waals surface area (Å²) in [6, 6.07) is 3.16. The van der Waals surface area contributed by atoms with Crippen LogP contribution in [0.1, 0.15) is 33.1 Å². The highest BCUT2D eigenvalue weighted by Gasteiger charge is 2.25. The average molecular weight is 469 g/mol. The number of nitrogen functional groups attached to an aromatic ring is 1. The molecule has 0 spiro atoms. The molecule has 1 saturated heterocycles. The largest absolute Gasteiger partial charge is 0.394 e. The van der Waals surface area contributed by atoms with Gasteiger partial charge in [-0.2, -0.15) is 4.98 Å². The fourth-order valence-electron chi connectivity index (χ4n) is 4.14. The SMILES string of the molecule is CCCC[C@](C)(CO)Nc1nc(N)nc2cc(-c3cnc(N4CCN(C)CC4)cc3F)ncc12. The molecule has 0 bridgehead atoms. The Morgan fingerprint density at radius 1 is 1.15 bits per heavy atom. The van der Waals surface area contributed by atoms with E-state index >= 15 is 4.39 Å². The maximum absolute atomic E-state index is 15.1. The molecular formula is C24H33FN8O. The van der Waals surface area contributed by atoms with Crippen LogP contribution in [-0.2, 0) is 0 Å². The molecule has 4 heterocycles. The third-order valence-corrected chi connectivity index (χ3v) is 6.39. The van der Waals surface area contributed by atoms with Gasteiger partial charge in [-0.1, -0.05) is 19.8 Å². The molecule has 3 aromatic rings. The van der Waals surface area contributed by atoms with Gasteiger partial charge >= 0.3 is 0 Å². The lowest BCUT2D eigenvalue weighted by atomic mass is 9.95. The van der Waals surface area contributed by atoms with Crippen molar-refractivity contribution < 1.29 is 9.50 Å². The normalized spacial score (nSPS) is 16.6. The molecule has 0 aliphatic carbocycles. The third-order valence-electron chi connectivity index (χ3n) is 6.39. The predicted molar refractivity (Wildman–Crippen MR) is 133 cm³/mol. The van der Waals surface area contributed by atoms with Crippen LogP contribution in [-0.4, -0.2) is 75.3 Å². The Hall–Kier alpha value is -3.11. The number of aliphatic hydroxyl groups excluding tert-OH is 1. The molecule has 9 nitrogen and oxygen atoms in total. The number of anilines is 3. The Balaban J connectivity index is 1.64. The van der Waals surface area contributed by atoms with Gasteiger partial charge in [0.1, 0.15) is 17.5 Å². The number of nitrogens with zero attached hydrogens (tertiary/aromatic N) is 6. The van der Waals surface area contributed by atoms with Crippen molar-refractivity contribution >= 4 is 28.5 Å². The van der Waals surface area contributed by atoms with Crippen molar-refractivity contribution in [1.29, 1.82) is 0 Å². The number of hydrogen-bond donors (Lipinski definition) is 3. The van der Waals surface area contributed by atoms with Crippen LogP contribution in [0.25, 0.3) is 22.2 Å². The third kappa shape index (κ3) is 5.18. The topological polar surface area (TPSA) is 116 Å². The molecule has 0 unspecified atom stereocenters. The summed E-state index contributed by atoms with van der Waals surface area (Å²) in [5.74, 6) is 0.831. The van der Waals surface area contributed by atoms with Crippen molar-refractivity contribution in [2.24, 2.45) is 0 Å². The smallest absolute Gasteiger partial charge is 0.222 e. The Morgan fingerprint density at radius 3 is 2.59 bits per heavy atom. The first-order chi connectivity index (χ1) is 16.3. The van der Waals surface area contributed by atoms with E-state index in [4.69, 9.17) is 5.73 Å². The molecule has 34 heavy (non-hydrogen) atoms. The van der Waals surface area contributed by atoms with Crippen LogP contribution >= 0.6 is 0 Å². The lowest BCUT2D eigenvalue weighted by Crippen LogP contribution is -2.44. The monoisotopic (exact) mass is 468 g/mol. The van der Waals surface area contributed by atoms with E-state index in [9.17, 15) is 5.11 Å². The fraction of sp³-hybridized carbons (Fsp3) is 0.500. The highest BCUT2D eigenvalue weighted by atomic mass is 19.1. The standard InChI is InChI=1S/C24H33FN8O/c1-4-5-6-24(2,15-34)31-22-17-14-27-19(12-20(17)29-23(26)30-22)16-13-28-21(11-18(16)25)33-9-7-32(3)8-10-33/h11-14,34H,4-10,15H2,1-3H3,(H3,26,29,30,31)/t24-/m1/s1. The first-order valence-electron chi connectivity index (χ1n) is 11.7. The number of aromatic nitrogens is 4. The summed E-state index contributed by atoms with van der Waals surface area (Å²) in [5.41, 5.74) is 6.68. The minimum atomic E-state index is -0.558. The predicted octanol–water partition coefficient (Wildman–Crippen LogP) is 2.91. The number of unbranched alkanes of at least 4 members (excludes halogenated alkanes) is 1. The van der Waals surface area contributed by atoms with Gasteiger partial charge in [0, 0.05) is 44.6 Å². The second-order valence-corrected chi connectivity index (χ2v) is 9.28. The van der Waals surface area contributed by atoms with E-state index in [1.165, 1.54) is 12.3 Å². The van der Waals surface area contributed by atoms with E-state index in [-0.39, 0.29) is 18.4 Å². The summed E-state index contributed by atoms with van der Waals surface area (Å²) in [4.78, 5) is 22.0. The summed E-state index contributed by atoms with van der Waals surface area (Å²) in [5, 5.41) is 13.9. The molecular weight excluding hydrogens is 435 g/mol. The zero-order chi connectivity index (χ0) is 24.3. The molecule has 182 valence electrons. The molecule has 0 saturated carbocycles. The summed E-state index contributed by atoms with van der Waals surface area (Å²) < 4.78 is 15.1. The molecule has 0 radical (unpaired) electrons. The van der Waals surface area contributed by atoms with Crippen LogP contribution in [0.4, 0.5) is 22.0 Å². The summed E-state index contributed by atoms with van der Waals surface area (Å²) in [6.07, 6.45) is 5.88. The number of pyridine rings is 2. The molecule has 4 N–H and O–H groups in total. The van der Waals surface area contributed by atoms with E-state index in [0.29, 0.717) is 33.8 Å². The maximum atomic E-state index is 15.1. The number of aliphatic hydroxyl groups is 1. The second-order valence-electron chi connectivity index (χ2n) is 9.28. The van der Waals surface area contributed by atoms with E-state index in [2.05, 4.69) is 49.0 Å². The molecule has 0 amide bonds. The Labute approximate surface area is 199 Å². The highest BCUT2D eigenvalue weighted by molar-refractivity contribution is 5.91. The van der Waals surface area contributed by atoms with Crippen molar-refractivity contribution in [2.75, 3.05) is 55.8 Å². The number of fused-ring (bicyclic) bond motifs is 1. The number of nitrogens with two attached hydrogens (primary N) is 1. The molecule has 1 atom stereocenters. The van der Waals surface area contributed by atoms with Crippen LogP contribution < -0.4 is 16.0 Å². The Kier molecular flexibility index (Phi) is 7.08. The number of piperazine rings is 1. The van der Waals surface area contributed by atoms with Crippen molar-refractivity contribution in [2.45, 2.75) is 38.6 Å². The number of hydrogen-bond acceptors (Lipinski definition) is 9. The van der Waals surface area contributed by atoms with Crippen molar-refractivity contribution in [3.05, 3.63) is 30.3 Å². The number of halogens is 1. The van der Waals surface area contributed by atoms with Gasteiger partial charge in [0.05, 0.1) is 34.3 Å². The van der Waals surface area contributed by atoms with E-state index in [1.54, 1.807) is 12.3 Å². The lowest BCUT2D eigenvalue weighted by molar-refractivity contribution is 0.212. The first kappa shape index (κ1) is 24.0. The first-order valence-corrected chi connectivity index (χ1v) is 11.7. The zero-order valence-corrected chi connectivity index (χ0v) is 20.1. The van der Waals surface area contributed by atoms with Gasteiger partial charge in [0.15, 0.2) is 0 Å². The fourth-order valence-corrected chi connectivity index (χ4v) is 4.14. The van der Waals surface area contributed by atoms with E-state index in [1.807, 2.05) is 6.92 Å². The Bertz CT molecular complexity index is 1150. The quantitative estimate of drug-likeness (QED) is 0.459. The second kappa shape index (κ2) is 10.0. The van der Waals surface area contributed by atoms with Gasteiger partial charge in [-0.25, -0.2) is 14.4 Å². The summed E-state index contributed by atoms with van der Waals surface area (Å²) in [6.45, 7) is 7.46. The lowest BCUT2D eigenvalue weighted by Gasteiger charge is -2.33. The van der Waals surface area contributed by atoms with Crippen LogP contribution in [0.2, 0.25) is 0 Å². The van der Waals surface area contributed by atoms with Crippen LogP contribution in [0.3, 0.4) is 0 Å². The minimum Gasteiger partial charge on any atom is -0.394 e. The van der Waals surface area contributed by atoms with Crippen LogP contribution in [0.15, 0.2) is 24.5 Å². The molecule has 1 aliphatic rings. The number of rotatable bonds is 8.